The van der Waals surface area contributed by atoms with Crippen LogP contribution in [0.5, 0.6) is 0 Å². The minimum Gasteiger partial charge on any atom is -0.479 e. The fourth-order valence-corrected chi connectivity index (χ4v) is 18.3. The largest absolute Gasteiger partial charge is 0.479 e. The number of ether oxygens (including phenoxy) is 9. The van der Waals surface area contributed by atoms with E-state index in [-0.39, 0.29) is 30.3 Å². The lowest BCUT2D eigenvalue weighted by Crippen LogP contribution is -2.71. The first-order valence-corrected chi connectivity index (χ1v) is 31.7. The van der Waals surface area contributed by atoms with Gasteiger partial charge in [-0.1, -0.05) is 72.3 Å². The molecule has 25 nitrogen and oxygen atoms in total. The number of hydrogen-bond donors (Lipinski definition) is 13. The number of fused-ring (bicyclic) bond motifs is 7. The van der Waals surface area contributed by atoms with Gasteiger partial charge in [0.15, 0.2) is 37.2 Å². The predicted molar refractivity (Wildman–Crippen MR) is 310 cm³/mol. The second-order valence-electron chi connectivity index (χ2n) is 29.2. The Morgan fingerprint density at radius 2 is 1.18 bits per heavy atom. The van der Waals surface area contributed by atoms with Crippen LogP contribution in [0.1, 0.15) is 134 Å². The summed E-state index contributed by atoms with van der Waals surface area (Å²) in [6.07, 6.45) is -25.5. The van der Waals surface area contributed by atoms with Crippen LogP contribution in [-0.4, -0.2) is 239 Å². The second-order valence-corrected chi connectivity index (χ2v) is 29.2. The molecule has 25 heteroatoms. The number of aliphatic hydroxyl groups is 12. The van der Waals surface area contributed by atoms with E-state index >= 15 is 0 Å². The average Bonchev–Trinajstić information content (AvgIpc) is 0.921. The first-order valence-electron chi connectivity index (χ1n) is 31.7. The standard InChI is InChI=1S/C64H100O25/c1-13-27(3)54(79)85-47-29(5)81-33(42(71)48(47)86-55(80)28(4)14-2)21-31-52(76)64(26-67)32(22-59(31,6)7)30-15-16-37-61(10)19-18-39(60(8,9)36(61)17-20-62(37,11)63(30,12)23-38(64)68)84-58-51(89-57-45(74)43(72)40(69)34(24-65)82-57)49(46(75)50(88-58)53(77)78)87-56-44(73)41(70)35(25-66)83-56/h13-15,29,31-52,56-58,65-76H,16-26H2,1-12H3,(H,77,78)/b27-13-,28-14-/t29?,31-,32?,33-,34?,35-,36?,37?,38+,39-,40-,41+,42?,43+,44?,45?,46-,47-,48+,49+,50?,51?,52-,56-,57-,58+,61-,62+,63+,64-/m0/s1. The Labute approximate surface area is 519 Å². The van der Waals surface area contributed by atoms with Crippen LogP contribution >= 0.6 is 0 Å². The molecule has 4 saturated heterocycles. The van der Waals surface area contributed by atoms with Gasteiger partial charge in [-0.2, -0.15) is 0 Å². The first kappa shape index (κ1) is 70.2. The molecule has 13 N–H and O–H groups in total. The average molecular weight is 1270 g/mol. The molecule has 0 spiro atoms. The van der Waals surface area contributed by atoms with Gasteiger partial charge in [0.2, 0.25) is 0 Å². The molecule has 9 rings (SSSR count). The number of aliphatic hydroxyl groups excluding tert-OH is 12. The maximum Gasteiger partial charge on any atom is 0.335 e. The summed E-state index contributed by atoms with van der Waals surface area (Å²) in [6, 6.07) is 0. The van der Waals surface area contributed by atoms with Gasteiger partial charge in [-0.25, -0.2) is 14.4 Å². The van der Waals surface area contributed by atoms with Crippen molar-refractivity contribution in [1.29, 1.82) is 0 Å². The summed E-state index contributed by atoms with van der Waals surface area (Å²) in [5.41, 5.74) is -2.75. The number of carbonyl (C=O) groups excluding carboxylic acids is 2. The quantitative estimate of drug-likeness (QED) is 0.0440. The third-order valence-electron chi connectivity index (χ3n) is 24.0. The summed E-state index contributed by atoms with van der Waals surface area (Å²) in [5, 5.41) is 146. The lowest BCUT2D eigenvalue weighted by molar-refractivity contribution is -0.386. The van der Waals surface area contributed by atoms with Crippen LogP contribution in [0.3, 0.4) is 0 Å². The van der Waals surface area contributed by atoms with Crippen LogP contribution in [0.25, 0.3) is 0 Å². The SMILES string of the molecule is C/C=C(/C)C(=O)O[C@@H]1C(O)[C@H](C[C@H]2[C@H](O)[C@@]3(CO)C(CC2(C)C)C2=CCC4[C@@]5(C)CC[C@H](O[C@@H]6OC(C(=O)O)[C@@H](O)[C@@H](O[C@@H]7O[C@@H](CO)[C@@H](O)C7O)C6O[C@@H]6OC(CO)[C@H](O)[C@@H](O)C6O)C(C)(C)C5CC[C@@]4(C)[C@]2(C)C[C@H]3O)OC(C)[C@@H]1OC(=O)/C(C)=C\C. The minimum absolute atomic E-state index is 0.00913. The number of aliphatic carboxylic acids is 1. The van der Waals surface area contributed by atoms with Crippen molar-refractivity contribution in [2.24, 2.45) is 56.2 Å². The molecule has 8 fully saturated rings. The molecule has 9 aliphatic rings. The van der Waals surface area contributed by atoms with Crippen molar-refractivity contribution in [3.8, 4) is 0 Å². The Morgan fingerprint density at radius 1 is 0.618 bits per heavy atom. The van der Waals surface area contributed by atoms with Gasteiger partial charge in [0.1, 0.15) is 67.1 Å². The van der Waals surface area contributed by atoms with Crippen molar-refractivity contribution in [3.05, 3.63) is 34.9 Å². The molecule has 10 unspecified atom stereocenters. The van der Waals surface area contributed by atoms with Crippen molar-refractivity contribution < 1.29 is 123 Å². The fraction of sp³-hybridized carbons (Fsp3) is 0.859. The van der Waals surface area contributed by atoms with Crippen LogP contribution in [-0.2, 0) is 57.0 Å². The summed E-state index contributed by atoms with van der Waals surface area (Å²) < 4.78 is 54.9. The number of carboxylic acids is 1. The molecule has 0 radical (unpaired) electrons. The van der Waals surface area contributed by atoms with Crippen LogP contribution < -0.4 is 0 Å². The Bertz CT molecular complexity index is 2660. The summed E-state index contributed by atoms with van der Waals surface area (Å²) in [7, 11) is 0. The molecule has 506 valence electrons. The van der Waals surface area contributed by atoms with E-state index in [0.29, 0.717) is 44.1 Å². The van der Waals surface area contributed by atoms with Gasteiger partial charge in [0.25, 0.3) is 0 Å². The zero-order chi connectivity index (χ0) is 65.7. The van der Waals surface area contributed by atoms with Crippen molar-refractivity contribution in [2.75, 3.05) is 19.8 Å². The van der Waals surface area contributed by atoms with Crippen LogP contribution in [0.15, 0.2) is 34.9 Å². The van der Waals surface area contributed by atoms with E-state index in [2.05, 4.69) is 40.7 Å². The summed E-state index contributed by atoms with van der Waals surface area (Å²) >= 11 is 0. The molecule has 0 aromatic carbocycles. The highest BCUT2D eigenvalue weighted by Gasteiger charge is 2.73. The predicted octanol–water partition coefficient (Wildman–Crippen LogP) is 0.807. The van der Waals surface area contributed by atoms with E-state index in [9.17, 15) is 80.8 Å². The van der Waals surface area contributed by atoms with Gasteiger partial charge in [0, 0.05) is 11.1 Å². The highest BCUT2D eigenvalue weighted by molar-refractivity contribution is 5.88. The van der Waals surface area contributed by atoms with Crippen molar-refractivity contribution in [2.45, 2.75) is 269 Å². The normalized spacial score (nSPS) is 49.7. The second kappa shape index (κ2) is 25.9. The molecule has 0 amide bonds. The number of hydrogen-bond acceptors (Lipinski definition) is 24. The van der Waals surface area contributed by atoms with Gasteiger partial charge in [-0.3, -0.25) is 0 Å². The van der Waals surface area contributed by atoms with Gasteiger partial charge in [0.05, 0.1) is 55.8 Å². The Hall–Kier alpha value is -3.13. The number of rotatable bonds is 16. The zero-order valence-electron chi connectivity index (χ0n) is 53.2. The summed E-state index contributed by atoms with van der Waals surface area (Å²) in [6.45, 7) is 21.0. The summed E-state index contributed by atoms with van der Waals surface area (Å²) in [5.74, 6) is -4.26. The topological polar surface area (TPSA) is 397 Å². The van der Waals surface area contributed by atoms with Crippen LogP contribution in [0.4, 0.5) is 0 Å². The fourth-order valence-electron chi connectivity index (χ4n) is 18.3. The number of carbonyl (C=O) groups is 3. The van der Waals surface area contributed by atoms with Gasteiger partial charge in [-0.05, 0) is 137 Å². The molecular formula is C64H100O25. The highest BCUT2D eigenvalue weighted by atomic mass is 16.8. The number of carboxylic acid groups (broad SMARTS) is 1. The maximum atomic E-state index is 13.3. The molecule has 5 aliphatic carbocycles. The molecule has 30 atom stereocenters. The Balaban J connectivity index is 0.986. The van der Waals surface area contributed by atoms with E-state index in [4.69, 9.17) is 42.6 Å². The molecule has 4 aliphatic heterocycles. The third-order valence-corrected chi connectivity index (χ3v) is 24.0. The van der Waals surface area contributed by atoms with E-state index in [1.807, 2.05) is 13.8 Å². The Morgan fingerprint density at radius 3 is 1.74 bits per heavy atom. The van der Waals surface area contributed by atoms with E-state index < -0.39 is 217 Å². The van der Waals surface area contributed by atoms with E-state index in [1.165, 1.54) is 0 Å². The molecule has 4 saturated carbocycles. The zero-order valence-corrected chi connectivity index (χ0v) is 53.2. The third kappa shape index (κ3) is 11.6. The van der Waals surface area contributed by atoms with Gasteiger partial charge in [-0.15, -0.1) is 0 Å². The van der Waals surface area contributed by atoms with Crippen molar-refractivity contribution in [3.63, 3.8) is 0 Å². The van der Waals surface area contributed by atoms with Crippen molar-refractivity contribution >= 4 is 17.9 Å². The molecular weight excluding hydrogens is 1170 g/mol. The molecule has 0 bridgehead atoms. The Kier molecular flexibility index (Phi) is 20.4. The molecule has 0 aromatic rings. The van der Waals surface area contributed by atoms with Gasteiger partial charge < -0.3 is 109 Å². The minimum atomic E-state index is -2.12. The lowest BCUT2D eigenvalue weighted by Gasteiger charge is -2.73. The number of allylic oxidation sites excluding steroid dienone is 4. The van der Waals surface area contributed by atoms with Crippen molar-refractivity contribution in [1.82, 2.24) is 0 Å². The summed E-state index contributed by atoms with van der Waals surface area (Å²) in [4.78, 5) is 39.4. The first-order chi connectivity index (χ1) is 41.6. The molecule has 4 heterocycles. The van der Waals surface area contributed by atoms with E-state index in [1.54, 1.807) is 46.8 Å². The highest BCUT2D eigenvalue weighted by Crippen LogP contribution is 2.76. The maximum absolute atomic E-state index is 13.3. The van der Waals surface area contributed by atoms with Crippen LogP contribution in [0, 0.1) is 56.2 Å². The van der Waals surface area contributed by atoms with Crippen LogP contribution in [0.2, 0.25) is 0 Å². The smallest absolute Gasteiger partial charge is 0.335 e. The molecule has 0 aromatic heterocycles. The van der Waals surface area contributed by atoms with E-state index in [0.717, 1.165) is 5.57 Å². The number of esters is 2. The lowest BCUT2D eigenvalue weighted by atomic mass is 9.32. The van der Waals surface area contributed by atoms with Gasteiger partial charge >= 0.3 is 17.9 Å². The molecule has 89 heavy (non-hydrogen) atoms. The monoisotopic (exact) mass is 1270 g/mol.